The van der Waals surface area contributed by atoms with Gasteiger partial charge in [0.25, 0.3) is 0 Å². The second-order valence-electron chi connectivity index (χ2n) is 4.34. The van der Waals surface area contributed by atoms with Gasteiger partial charge in [-0.25, -0.2) is 4.73 Å². The Kier molecular flexibility index (Phi) is 4.29. The second-order valence-corrected chi connectivity index (χ2v) is 6.11. The maximum atomic E-state index is 12.3. The molecule has 8 nitrogen and oxygen atoms in total. The van der Waals surface area contributed by atoms with Crippen molar-refractivity contribution in [2.45, 2.75) is 11.8 Å². The molecular weight excluding hydrogens is 310 g/mol. The molecule has 0 saturated heterocycles. The molecule has 9 heteroatoms. The minimum Gasteiger partial charge on any atom is -0.711 e. The minimum absolute atomic E-state index is 0.0899. The maximum Gasteiger partial charge on any atom is 0.359 e. The molecule has 1 heterocycles. The normalized spacial score (nSPS) is 11.0. The van der Waals surface area contributed by atoms with Crippen LogP contribution in [-0.4, -0.2) is 19.5 Å². The summed E-state index contributed by atoms with van der Waals surface area (Å²) in [6.07, 6.45) is 1.06. The lowest BCUT2D eigenvalue weighted by molar-refractivity contribution is -0.593. The fourth-order valence-corrected chi connectivity index (χ4v) is 2.77. The predicted molar refractivity (Wildman–Crippen MR) is 77.6 cm³/mol. The van der Waals surface area contributed by atoms with Gasteiger partial charge in [-0.3, -0.25) is 4.79 Å². The fraction of sp³-hybridized carbons (Fsp3) is 0.0769. The lowest BCUT2D eigenvalue weighted by Gasteiger charge is -2.13. The highest BCUT2D eigenvalue weighted by molar-refractivity contribution is 7.92. The summed E-state index contributed by atoms with van der Waals surface area (Å²) >= 11 is 0. The molecule has 2 aromatic rings. The summed E-state index contributed by atoms with van der Waals surface area (Å²) in [5.74, 6) is -0.746. The first-order valence-electron chi connectivity index (χ1n) is 6.12. The van der Waals surface area contributed by atoms with E-state index in [4.69, 9.17) is 0 Å². The molecule has 1 amide bonds. The topological polar surface area (TPSA) is 114 Å². The number of sulfonamides is 1. The predicted octanol–water partition coefficient (Wildman–Crippen LogP) is 0.863. The molecule has 0 spiro atoms. The molecule has 116 valence electrons. The zero-order valence-corrected chi connectivity index (χ0v) is 12.3. The quantitative estimate of drug-likeness (QED) is 0.492. The molecule has 0 bridgehead atoms. The van der Waals surface area contributed by atoms with Crippen molar-refractivity contribution in [3.63, 3.8) is 0 Å². The van der Waals surface area contributed by atoms with Crippen molar-refractivity contribution in [3.05, 3.63) is 53.9 Å². The first-order valence-corrected chi connectivity index (χ1v) is 7.56. The van der Waals surface area contributed by atoms with Gasteiger partial charge < -0.3 is 10.5 Å². The smallest absolute Gasteiger partial charge is 0.359 e. The van der Waals surface area contributed by atoms with Crippen LogP contribution >= 0.6 is 0 Å². The van der Waals surface area contributed by atoms with Gasteiger partial charge in [-0.2, -0.15) is 13.6 Å². The van der Waals surface area contributed by atoms with Crippen molar-refractivity contribution in [2.24, 2.45) is 0 Å². The Morgan fingerprint density at radius 2 is 1.86 bits per heavy atom. The maximum absolute atomic E-state index is 12.3. The first-order chi connectivity index (χ1) is 10.3. The number of anilines is 2. The van der Waals surface area contributed by atoms with Gasteiger partial charge in [0.1, 0.15) is 4.90 Å². The van der Waals surface area contributed by atoms with E-state index in [2.05, 4.69) is 5.32 Å². The van der Waals surface area contributed by atoms with Crippen LogP contribution in [0.5, 0.6) is 0 Å². The van der Waals surface area contributed by atoms with Gasteiger partial charge >= 0.3 is 15.8 Å². The first kappa shape index (κ1) is 15.7. The van der Waals surface area contributed by atoms with Gasteiger partial charge in [-0.05, 0) is 30.3 Å². The molecule has 0 unspecified atom stereocenters. The molecule has 1 aromatic heterocycles. The summed E-state index contributed by atoms with van der Waals surface area (Å²) < 4.78 is 24.6. The Morgan fingerprint density at radius 3 is 2.41 bits per heavy atom. The Morgan fingerprint density at radius 1 is 1.23 bits per heavy atom. The number of hydrogen-bond acceptors (Lipinski definition) is 5. The summed E-state index contributed by atoms with van der Waals surface area (Å²) in [5, 5.41) is 23.9. The van der Waals surface area contributed by atoms with Gasteiger partial charge in [-0.1, -0.05) is 6.07 Å². The third kappa shape index (κ3) is 3.15. The fourth-order valence-electron chi connectivity index (χ4n) is 1.70. The summed E-state index contributed by atoms with van der Waals surface area (Å²) in [7, 11) is -4.30. The molecule has 0 radical (unpaired) electrons. The van der Waals surface area contributed by atoms with E-state index in [-0.39, 0.29) is 20.0 Å². The van der Waals surface area contributed by atoms with Crippen molar-refractivity contribution in [2.75, 3.05) is 9.79 Å². The van der Waals surface area contributed by atoms with E-state index < -0.39 is 15.8 Å². The second kappa shape index (κ2) is 6.00. The van der Waals surface area contributed by atoms with Crippen molar-refractivity contribution in [1.82, 2.24) is 0 Å². The zero-order chi connectivity index (χ0) is 16.3. The molecule has 0 aliphatic carbocycles. The largest absolute Gasteiger partial charge is 0.711 e. The molecule has 0 saturated carbocycles. The van der Waals surface area contributed by atoms with Gasteiger partial charge in [0, 0.05) is 23.1 Å². The number of rotatable bonds is 4. The summed E-state index contributed by atoms with van der Waals surface area (Å²) in [5.41, 5.74) is 0.412. The minimum atomic E-state index is -4.30. The molecule has 0 atom stereocenters. The lowest BCUT2D eigenvalue weighted by atomic mass is 10.3. The molecule has 2 N–H and O–H groups in total. The number of carbonyl (C=O) groups is 1. The van der Waals surface area contributed by atoms with Crippen LogP contribution in [0, 0.1) is 5.21 Å². The van der Waals surface area contributed by atoms with Crippen LogP contribution in [0.4, 0.5) is 11.5 Å². The average Bonchev–Trinajstić information content (AvgIpc) is 2.47. The Hall–Kier alpha value is -2.65. The average molecular weight is 323 g/mol. The Bertz CT molecular complexity index is 790. The highest BCUT2D eigenvalue weighted by Crippen LogP contribution is 2.20. The number of nitrogens with one attached hydrogen (secondary N) is 1. The zero-order valence-electron chi connectivity index (χ0n) is 11.5. The highest BCUT2D eigenvalue weighted by Gasteiger charge is 2.32. The van der Waals surface area contributed by atoms with Crippen LogP contribution in [0.25, 0.3) is 0 Å². The van der Waals surface area contributed by atoms with Gasteiger partial charge in [0.05, 0.1) is 6.20 Å². The summed E-state index contributed by atoms with van der Waals surface area (Å²) in [4.78, 5) is 10.7. The number of hydrogen-bond donors (Lipinski definition) is 2. The molecule has 0 fully saturated rings. The van der Waals surface area contributed by atoms with Crippen molar-refractivity contribution in [3.8, 4) is 0 Å². The number of nitrogens with zero attached hydrogens (tertiary/aromatic N) is 2. The summed E-state index contributed by atoms with van der Waals surface area (Å²) in [6.45, 7) is 1.32. The monoisotopic (exact) mass is 323 g/mol. The van der Waals surface area contributed by atoms with E-state index in [1.807, 2.05) is 0 Å². The molecule has 2 rings (SSSR count). The highest BCUT2D eigenvalue weighted by atomic mass is 32.2. The van der Waals surface area contributed by atoms with Crippen molar-refractivity contribution >= 4 is 27.4 Å². The molecule has 1 aromatic carbocycles. The van der Waals surface area contributed by atoms with Crippen LogP contribution in [0.3, 0.4) is 0 Å². The van der Waals surface area contributed by atoms with Crippen LogP contribution in [-0.2, 0) is 14.8 Å². The SMILES string of the molecule is CC(=O)Nc1ccc(S(=O)(=O)N(O)c2cccc[n+]2[O-])cc1. The van der Waals surface area contributed by atoms with Crippen molar-refractivity contribution < 1.29 is 23.1 Å². The van der Waals surface area contributed by atoms with Crippen molar-refractivity contribution in [1.29, 1.82) is 0 Å². The third-order valence-electron chi connectivity index (χ3n) is 2.70. The van der Waals surface area contributed by atoms with Gasteiger partial charge in [0.15, 0.2) is 0 Å². The molecular formula is C13H13N3O5S. The number of benzene rings is 1. The Labute approximate surface area is 126 Å². The van der Waals surface area contributed by atoms with E-state index >= 15 is 0 Å². The number of aromatic nitrogens is 1. The van der Waals surface area contributed by atoms with Gasteiger partial charge in [0.2, 0.25) is 5.91 Å². The lowest BCUT2D eigenvalue weighted by Crippen LogP contribution is -2.39. The van der Waals surface area contributed by atoms with E-state index in [0.717, 1.165) is 12.3 Å². The van der Waals surface area contributed by atoms with E-state index in [9.17, 15) is 23.6 Å². The standard InChI is InChI=1S/C13H13N3O5S/c1-10(17)14-11-5-7-12(8-6-11)22(20,21)16(19)13-4-2-3-9-15(13)18/h2-9,19H,1H3,(H,14,17). The Balaban J connectivity index is 2.34. The summed E-state index contributed by atoms with van der Waals surface area (Å²) in [6, 6.07) is 9.15. The van der Waals surface area contributed by atoms with Crippen LogP contribution < -0.4 is 14.5 Å². The molecule has 22 heavy (non-hydrogen) atoms. The number of carbonyl (C=O) groups excluding carboxylic acids is 1. The molecule has 0 aliphatic heterocycles. The van der Waals surface area contributed by atoms with E-state index in [1.54, 1.807) is 0 Å². The van der Waals surface area contributed by atoms with Crippen LogP contribution in [0.1, 0.15) is 6.92 Å². The van der Waals surface area contributed by atoms with E-state index in [1.165, 1.54) is 43.3 Å². The number of pyridine rings is 1. The molecule has 0 aliphatic rings. The number of amides is 1. The third-order valence-corrected chi connectivity index (χ3v) is 4.21. The van der Waals surface area contributed by atoms with Gasteiger partial charge in [-0.15, -0.1) is 0 Å². The van der Waals surface area contributed by atoms with E-state index in [0.29, 0.717) is 5.69 Å². The van der Waals surface area contributed by atoms with Crippen LogP contribution in [0.2, 0.25) is 0 Å². The van der Waals surface area contributed by atoms with Crippen LogP contribution in [0.15, 0.2) is 53.6 Å².